The smallest absolute Gasteiger partial charge is 0.0630 e. The third kappa shape index (κ3) is 1.86. The first kappa shape index (κ1) is 9.77. The average molecular weight is 201 g/mol. The number of rotatable bonds is 3. The van der Waals surface area contributed by atoms with Crippen molar-refractivity contribution in [2.24, 2.45) is 0 Å². The number of pyridine rings is 1. The highest BCUT2D eigenvalue weighted by Gasteiger charge is 2.02. The summed E-state index contributed by atoms with van der Waals surface area (Å²) in [4.78, 5) is 4.07. The Bertz CT molecular complexity index is 465. The van der Waals surface area contributed by atoms with Gasteiger partial charge in [0.15, 0.2) is 0 Å². The van der Waals surface area contributed by atoms with Crippen LogP contribution < -0.4 is 11.1 Å². The van der Waals surface area contributed by atoms with E-state index >= 15 is 0 Å². The number of benzene rings is 1. The van der Waals surface area contributed by atoms with Crippen LogP contribution in [0, 0.1) is 0 Å². The van der Waals surface area contributed by atoms with Crippen molar-refractivity contribution in [3.63, 3.8) is 0 Å². The van der Waals surface area contributed by atoms with Crippen LogP contribution in [0.3, 0.4) is 0 Å². The number of nitrogens with one attached hydrogen (secondary N) is 1. The van der Waals surface area contributed by atoms with Crippen LogP contribution in [0.25, 0.3) is 10.8 Å². The molecule has 0 radical (unpaired) electrons. The number of anilines is 2. The molecular formula is C12H15N3. The van der Waals surface area contributed by atoms with E-state index < -0.39 is 0 Å². The summed E-state index contributed by atoms with van der Waals surface area (Å²) in [5.74, 6) is 0. The largest absolute Gasteiger partial charge is 0.397 e. The molecular weight excluding hydrogens is 186 g/mol. The Morgan fingerprint density at radius 3 is 3.00 bits per heavy atom. The van der Waals surface area contributed by atoms with E-state index in [1.807, 2.05) is 24.4 Å². The second-order valence-corrected chi connectivity index (χ2v) is 3.55. The van der Waals surface area contributed by atoms with E-state index in [-0.39, 0.29) is 0 Å². The van der Waals surface area contributed by atoms with E-state index in [2.05, 4.69) is 17.2 Å². The highest BCUT2D eigenvalue weighted by molar-refractivity contribution is 5.98. The van der Waals surface area contributed by atoms with Crippen LogP contribution in [0.5, 0.6) is 0 Å². The molecule has 0 aliphatic rings. The summed E-state index contributed by atoms with van der Waals surface area (Å²) >= 11 is 0. The van der Waals surface area contributed by atoms with Crippen LogP contribution in [-0.2, 0) is 0 Å². The van der Waals surface area contributed by atoms with Gasteiger partial charge in [-0.2, -0.15) is 0 Å². The minimum Gasteiger partial charge on any atom is -0.397 e. The minimum absolute atomic E-state index is 0.809. The van der Waals surface area contributed by atoms with Crippen molar-refractivity contribution in [3.05, 3.63) is 30.6 Å². The Labute approximate surface area is 89.3 Å². The zero-order chi connectivity index (χ0) is 10.7. The second-order valence-electron chi connectivity index (χ2n) is 3.55. The van der Waals surface area contributed by atoms with Gasteiger partial charge in [0.1, 0.15) is 0 Å². The van der Waals surface area contributed by atoms with Gasteiger partial charge in [0, 0.05) is 29.7 Å². The van der Waals surface area contributed by atoms with Gasteiger partial charge in [-0.1, -0.05) is 13.0 Å². The number of hydrogen-bond acceptors (Lipinski definition) is 3. The third-order valence-corrected chi connectivity index (χ3v) is 2.43. The molecule has 3 N–H and O–H groups in total. The van der Waals surface area contributed by atoms with Gasteiger partial charge >= 0.3 is 0 Å². The Kier molecular flexibility index (Phi) is 2.72. The highest BCUT2D eigenvalue weighted by Crippen LogP contribution is 2.27. The molecule has 3 heteroatoms. The molecule has 0 fully saturated rings. The summed E-state index contributed by atoms with van der Waals surface area (Å²) in [5.41, 5.74) is 7.89. The fourth-order valence-electron chi connectivity index (χ4n) is 1.61. The zero-order valence-corrected chi connectivity index (χ0v) is 8.83. The molecule has 0 amide bonds. The fraction of sp³-hybridized carbons (Fsp3) is 0.250. The quantitative estimate of drug-likeness (QED) is 0.750. The normalized spacial score (nSPS) is 10.5. The van der Waals surface area contributed by atoms with Crippen molar-refractivity contribution < 1.29 is 0 Å². The average Bonchev–Trinajstić information content (AvgIpc) is 2.29. The maximum absolute atomic E-state index is 6.07. The lowest BCUT2D eigenvalue weighted by Gasteiger charge is -2.10. The van der Waals surface area contributed by atoms with Crippen LogP contribution in [0.1, 0.15) is 13.3 Å². The van der Waals surface area contributed by atoms with E-state index in [1.165, 1.54) is 0 Å². The standard InChI is InChI=1S/C12H15N3/c1-2-6-15-11-4-3-9-8-14-7-5-10(9)12(11)13/h3-5,7-8,15H,2,6,13H2,1H3. The number of hydrogen-bond donors (Lipinski definition) is 2. The highest BCUT2D eigenvalue weighted by atomic mass is 14.9. The molecule has 0 aliphatic carbocycles. The van der Waals surface area contributed by atoms with Crippen LogP contribution in [0.4, 0.5) is 11.4 Å². The van der Waals surface area contributed by atoms with E-state index in [4.69, 9.17) is 5.73 Å². The van der Waals surface area contributed by atoms with Crippen molar-refractivity contribution in [3.8, 4) is 0 Å². The Balaban J connectivity index is 2.45. The second kappa shape index (κ2) is 4.17. The summed E-state index contributed by atoms with van der Waals surface area (Å²) in [7, 11) is 0. The summed E-state index contributed by atoms with van der Waals surface area (Å²) in [6.45, 7) is 3.08. The first-order valence-electron chi connectivity index (χ1n) is 5.19. The summed E-state index contributed by atoms with van der Waals surface area (Å²) in [6, 6.07) is 5.99. The van der Waals surface area contributed by atoms with Gasteiger partial charge in [-0.25, -0.2) is 0 Å². The first-order valence-corrected chi connectivity index (χ1v) is 5.19. The number of nitrogens with zero attached hydrogens (tertiary/aromatic N) is 1. The van der Waals surface area contributed by atoms with Crippen LogP contribution in [0.2, 0.25) is 0 Å². The molecule has 2 rings (SSSR count). The van der Waals surface area contributed by atoms with Crippen molar-refractivity contribution in [1.29, 1.82) is 0 Å². The SMILES string of the molecule is CCCNc1ccc2cnccc2c1N. The zero-order valence-electron chi connectivity index (χ0n) is 8.83. The van der Waals surface area contributed by atoms with Gasteiger partial charge in [0.05, 0.1) is 11.4 Å². The number of nitrogens with two attached hydrogens (primary N) is 1. The molecule has 0 saturated carbocycles. The fourth-order valence-corrected chi connectivity index (χ4v) is 1.61. The topological polar surface area (TPSA) is 50.9 Å². The van der Waals surface area contributed by atoms with E-state index in [1.54, 1.807) is 6.20 Å². The first-order chi connectivity index (χ1) is 7.33. The van der Waals surface area contributed by atoms with Gasteiger partial charge < -0.3 is 11.1 Å². The lowest BCUT2D eigenvalue weighted by atomic mass is 10.1. The Morgan fingerprint density at radius 2 is 2.20 bits per heavy atom. The van der Waals surface area contributed by atoms with Gasteiger partial charge in [0.2, 0.25) is 0 Å². The molecule has 0 unspecified atom stereocenters. The van der Waals surface area contributed by atoms with Crippen LogP contribution >= 0.6 is 0 Å². The molecule has 1 aromatic carbocycles. The summed E-state index contributed by atoms with van der Waals surface area (Å²) in [5, 5.41) is 5.45. The Morgan fingerprint density at radius 1 is 1.33 bits per heavy atom. The van der Waals surface area contributed by atoms with Crippen LogP contribution in [-0.4, -0.2) is 11.5 Å². The molecule has 0 aliphatic heterocycles. The van der Waals surface area contributed by atoms with Gasteiger partial charge in [-0.05, 0) is 18.6 Å². The lowest BCUT2D eigenvalue weighted by Crippen LogP contribution is -2.03. The maximum Gasteiger partial charge on any atom is 0.0630 e. The molecule has 1 aromatic heterocycles. The van der Waals surface area contributed by atoms with E-state index in [0.29, 0.717) is 0 Å². The number of nitrogen functional groups attached to an aromatic ring is 1. The van der Waals surface area contributed by atoms with E-state index in [0.717, 1.165) is 35.1 Å². The molecule has 3 nitrogen and oxygen atoms in total. The number of aromatic nitrogens is 1. The molecule has 15 heavy (non-hydrogen) atoms. The van der Waals surface area contributed by atoms with E-state index in [9.17, 15) is 0 Å². The van der Waals surface area contributed by atoms with Gasteiger partial charge in [-0.15, -0.1) is 0 Å². The number of fused-ring (bicyclic) bond motifs is 1. The molecule has 0 atom stereocenters. The van der Waals surface area contributed by atoms with Gasteiger partial charge in [0.25, 0.3) is 0 Å². The van der Waals surface area contributed by atoms with Crippen molar-refractivity contribution in [1.82, 2.24) is 4.98 Å². The summed E-state index contributed by atoms with van der Waals surface area (Å²) < 4.78 is 0. The Hall–Kier alpha value is -1.77. The minimum atomic E-state index is 0.809. The predicted octanol–water partition coefficient (Wildman–Crippen LogP) is 2.64. The molecule has 78 valence electrons. The maximum atomic E-state index is 6.07. The van der Waals surface area contributed by atoms with Gasteiger partial charge in [-0.3, -0.25) is 4.98 Å². The summed E-state index contributed by atoms with van der Waals surface area (Å²) in [6.07, 6.45) is 4.69. The molecule has 0 bridgehead atoms. The van der Waals surface area contributed by atoms with Crippen molar-refractivity contribution in [2.45, 2.75) is 13.3 Å². The molecule has 0 saturated heterocycles. The van der Waals surface area contributed by atoms with Crippen molar-refractivity contribution >= 4 is 22.1 Å². The van der Waals surface area contributed by atoms with Crippen LogP contribution in [0.15, 0.2) is 30.6 Å². The monoisotopic (exact) mass is 201 g/mol. The molecule has 1 heterocycles. The molecule has 2 aromatic rings. The lowest BCUT2D eigenvalue weighted by molar-refractivity contribution is 0.981. The predicted molar refractivity (Wildman–Crippen MR) is 64.9 cm³/mol. The third-order valence-electron chi connectivity index (χ3n) is 2.43. The molecule has 0 spiro atoms. The van der Waals surface area contributed by atoms with Crippen molar-refractivity contribution in [2.75, 3.05) is 17.6 Å².